The van der Waals surface area contributed by atoms with Gasteiger partial charge in [0.1, 0.15) is 11.5 Å². The van der Waals surface area contributed by atoms with E-state index in [2.05, 4.69) is 11.4 Å². The van der Waals surface area contributed by atoms with E-state index in [0.29, 0.717) is 25.1 Å². The number of ether oxygens (including phenoxy) is 1. The molecule has 2 rings (SSSR count). The van der Waals surface area contributed by atoms with Crippen LogP contribution >= 0.6 is 0 Å². The van der Waals surface area contributed by atoms with Gasteiger partial charge >= 0.3 is 0 Å². The lowest BCUT2D eigenvalue weighted by Crippen LogP contribution is -2.41. The van der Waals surface area contributed by atoms with Crippen LogP contribution in [-0.4, -0.2) is 36.5 Å². The number of benzene rings is 1. The Kier molecular flexibility index (Phi) is 4.68. The zero-order chi connectivity index (χ0) is 14.6. The molecule has 1 aromatic carbocycles. The van der Waals surface area contributed by atoms with Crippen molar-refractivity contribution in [2.45, 2.75) is 30.8 Å². The van der Waals surface area contributed by atoms with E-state index in [4.69, 9.17) is 4.74 Å². The molecule has 1 aromatic rings. The lowest BCUT2D eigenvalue weighted by Gasteiger charge is -2.38. The first-order chi connectivity index (χ1) is 9.60. The monoisotopic (exact) mass is 277 g/mol. The van der Waals surface area contributed by atoms with Crippen molar-refractivity contribution in [2.24, 2.45) is 0 Å². The van der Waals surface area contributed by atoms with E-state index < -0.39 is 5.60 Å². The average molecular weight is 277 g/mol. The van der Waals surface area contributed by atoms with Crippen LogP contribution in [0.15, 0.2) is 30.4 Å². The van der Waals surface area contributed by atoms with Gasteiger partial charge in [-0.15, -0.1) is 0 Å². The van der Waals surface area contributed by atoms with Crippen LogP contribution in [0, 0.1) is 0 Å². The van der Waals surface area contributed by atoms with Crippen LogP contribution in [0.4, 0.5) is 0 Å². The van der Waals surface area contributed by atoms with Gasteiger partial charge in [-0.3, -0.25) is 0 Å². The summed E-state index contributed by atoms with van der Waals surface area (Å²) in [6.45, 7) is 0.615. The van der Waals surface area contributed by atoms with E-state index in [1.54, 1.807) is 13.2 Å². The van der Waals surface area contributed by atoms with E-state index in [1.165, 1.54) is 0 Å². The Morgan fingerprint density at radius 3 is 2.75 bits per heavy atom. The van der Waals surface area contributed by atoms with Gasteiger partial charge in [0.05, 0.1) is 12.7 Å². The number of aliphatic hydroxyl groups is 1. The first-order valence-corrected chi connectivity index (χ1v) is 6.99. The van der Waals surface area contributed by atoms with Crippen molar-refractivity contribution < 1.29 is 14.9 Å². The molecule has 4 heteroatoms. The Hall–Kier alpha value is -1.52. The van der Waals surface area contributed by atoms with Crippen molar-refractivity contribution in [1.82, 2.24) is 5.32 Å². The predicted octanol–water partition coefficient (Wildman–Crippen LogP) is 2.17. The molecule has 2 atom stereocenters. The van der Waals surface area contributed by atoms with Gasteiger partial charge in [-0.2, -0.15) is 0 Å². The number of hydrogen-bond donors (Lipinski definition) is 3. The molecule has 0 spiro atoms. The summed E-state index contributed by atoms with van der Waals surface area (Å²) in [6, 6.07) is 5.26. The van der Waals surface area contributed by atoms with Crippen molar-refractivity contribution in [3.05, 3.63) is 35.9 Å². The normalized spacial score (nSPS) is 23.6. The second-order valence-electron chi connectivity index (χ2n) is 5.35. The molecule has 0 heterocycles. The number of hydrogen-bond acceptors (Lipinski definition) is 4. The summed E-state index contributed by atoms with van der Waals surface area (Å²) < 4.78 is 5.11. The van der Waals surface area contributed by atoms with Gasteiger partial charge in [-0.05, 0) is 32.4 Å². The van der Waals surface area contributed by atoms with Crippen LogP contribution in [0.5, 0.6) is 11.5 Å². The molecule has 0 saturated carbocycles. The molecule has 0 aromatic heterocycles. The van der Waals surface area contributed by atoms with Gasteiger partial charge in [0.2, 0.25) is 0 Å². The minimum absolute atomic E-state index is 0.150. The summed E-state index contributed by atoms with van der Waals surface area (Å²) in [5, 5.41) is 24.3. The molecule has 0 aliphatic heterocycles. The molecule has 20 heavy (non-hydrogen) atoms. The van der Waals surface area contributed by atoms with Gasteiger partial charge in [0.25, 0.3) is 0 Å². The summed E-state index contributed by atoms with van der Waals surface area (Å²) in [6.07, 6.45) is 6.31. The highest BCUT2D eigenvalue weighted by molar-refractivity contribution is 5.43. The maximum Gasteiger partial charge on any atom is 0.122 e. The Bertz CT molecular complexity index is 487. The smallest absolute Gasteiger partial charge is 0.122 e. The minimum Gasteiger partial charge on any atom is -0.508 e. The molecule has 0 radical (unpaired) electrons. The van der Waals surface area contributed by atoms with Gasteiger partial charge in [0.15, 0.2) is 0 Å². The highest BCUT2D eigenvalue weighted by atomic mass is 16.5. The standard InChI is InChI=1S/C16H23NO3/c1-17-11-14(16(19)8-4-3-5-9-16)13-7-6-12(20-2)10-15(13)18/h3-4,6-7,10,14,17-19H,5,8-9,11H2,1-2H3. The molecular formula is C16H23NO3. The van der Waals surface area contributed by atoms with Crippen molar-refractivity contribution in [2.75, 3.05) is 20.7 Å². The van der Waals surface area contributed by atoms with Gasteiger partial charge < -0.3 is 20.3 Å². The van der Waals surface area contributed by atoms with E-state index in [1.807, 2.05) is 25.3 Å². The van der Waals surface area contributed by atoms with E-state index in [0.717, 1.165) is 12.0 Å². The molecule has 0 amide bonds. The fourth-order valence-corrected chi connectivity index (χ4v) is 2.90. The first kappa shape index (κ1) is 14.9. The van der Waals surface area contributed by atoms with E-state index >= 15 is 0 Å². The third-order valence-electron chi connectivity index (χ3n) is 4.05. The van der Waals surface area contributed by atoms with Crippen LogP contribution in [0.25, 0.3) is 0 Å². The topological polar surface area (TPSA) is 61.7 Å². The first-order valence-electron chi connectivity index (χ1n) is 6.99. The summed E-state index contributed by atoms with van der Waals surface area (Å²) in [4.78, 5) is 0. The molecule has 110 valence electrons. The summed E-state index contributed by atoms with van der Waals surface area (Å²) in [5.41, 5.74) is -0.0537. The van der Waals surface area contributed by atoms with E-state index in [-0.39, 0.29) is 11.7 Å². The lowest BCUT2D eigenvalue weighted by molar-refractivity contribution is 0.00319. The van der Waals surface area contributed by atoms with Gasteiger partial charge in [0, 0.05) is 24.1 Å². The fraction of sp³-hybridized carbons (Fsp3) is 0.500. The fourth-order valence-electron chi connectivity index (χ4n) is 2.90. The Morgan fingerprint density at radius 1 is 1.40 bits per heavy atom. The highest BCUT2D eigenvalue weighted by Gasteiger charge is 2.38. The third-order valence-corrected chi connectivity index (χ3v) is 4.05. The molecule has 0 saturated heterocycles. The number of likely N-dealkylation sites (N-methyl/N-ethyl adjacent to an activating group) is 1. The maximum atomic E-state index is 10.9. The number of phenols is 1. The lowest BCUT2D eigenvalue weighted by atomic mass is 9.74. The number of aromatic hydroxyl groups is 1. The molecule has 1 aliphatic rings. The van der Waals surface area contributed by atoms with E-state index in [9.17, 15) is 10.2 Å². The molecule has 1 aliphatic carbocycles. The molecular weight excluding hydrogens is 254 g/mol. The van der Waals surface area contributed by atoms with Crippen LogP contribution in [0.3, 0.4) is 0 Å². The highest BCUT2D eigenvalue weighted by Crippen LogP contribution is 2.41. The summed E-state index contributed by atoms with van der Waals surface area (Å²) in [5.74, 6) is 0.640. The van der Waals surface area contributed by atoms with Crippen molar-refractivity contribution in [3.8, 4) is 11.5 Å². The molecule has 0 fully saturated rings. The van der Waals surface area contributed by atoms with Crippen LogP contribution in [0.2, 0.25) is 0 Å². The zero-order valence-corrected chi connectivity index (χ0v) is 12.1. The number of rotatable bonds is 5. The number of methoxy groups -OCH3 is 1. The quantitative estimate of drug-likeness (QED) is 0.722. The van der Waals surface area contributed by atoms with Crippen molar-refractivity contribution in [3.63, 3.8) is 0 Å². The second-order valence-corrected chi connectivity index (χ2v) is 5.35. The molecule has 3 N–H and O–H groups in total. The number of nitrogens with one attached hydrogen (secondary N) is 1. The van der Waals surface area contributed by atoms with Gasteiger partial charge in [-0.25, -0.2) is 0 Å². The predicted molar refractivity (Wildman–Crippen MR) is 79.3 cm³/mol. The summed E-state index contributed by atoms with van der Waals surface area (Å²) >= 11 is 0. The summed E-state index contributed by atoms with van der Waals surface area (Å²) in [7, 11) is 3.43. The third kappa shape index (κ3) is 2.97. The number of allylic oxidation sites excluding steroid dienone is 1. The minimum atomic E-state index is -0.816. The van der Waals surface area contributed by atoms with Crippen molar-refractivity contribution in [1.29, 1.82) is 0 Å². The van der Waals surface area contributed by atoms with Crippen LogP contribution < -0.4 is 10.1 Å². The van der Waals surface area contributed by atoms with Crippen LogP contribution in [0.1, 0.15) is 30.7 Å². The molecule has 4 nitrogen and oxygen atoms in total. The molecule has 0 bridgehead atoms. The number of phenolic OH excluding ortho intramolecular Hbond substituents is 1. The van der Waals surface area contributed by atoms with Crippen LogP contribution in [-0.2, 0) is 0 Å². The Morgan fingerprint density at radius 2 is 2.20 bits per heavy atom. The largest absolute Gasteiger partial charge is 0.508 e. The van der Waals surface area contributed by atoms with Gasteiger partial charge in [-0.1, -0.05) is 18.2 Å². The second kappa shape index (κ2) is 6.29. The average Bonchev–Trinajstić information content (AvgIpc) is 2.46. The Balaban J connectivity index is 2.35. The Labute approximate surface area is 120 Å². The zero-order valence-electron chi connectivity index (χ0n) is 12.1. The maximum absolute atomic E-state index is 10.9. The molecule has 2 unspecified atom stereocenters. The van der Waals surface area contributed by atoms with Crippen molar-refractivity contribution >= 4 is 0 Å². The SMILES string of the molecule is CNCC(c1ccc(OC)cc1O)C1(O)CC=CCC1.